The van der Waals surface area contributed by atoms with E-state index in [-0.39, 0.29) is 37.0 Å². The number of rotatable bonds is 11. The number of carbonyl (C=O) groups excluding carboxylic acids is 3. The number of benzene rings is 3. The van der Waals surface area contributed by atoms with E-state index in [2.05, 4.69) is 10.6 Å². The maximum Gasteiger partial charge on any atom is 0.420 e. The number of aryl methyl sites for hydroxylation is 1. The van der Waals surface area contributed by atoms with Gasteiger partial charge in [-0.25, -0.2) is 14.5 Å². The zero-order valence-corrected chi connectivity index (χ0v) is 27.6. The van der Waals surface area contributed by atoms with Crippen LogP contribution in [-0.4, -0.2) is 88.7 Å². The number of methoxy groups -OCH3 is 1. The molecule has 260 valence electrons. The molecular formula is C37H44N4O8. The fraction of sp³-hybridized carbons (Fsp3) is 0.432. The number of para-hydroxylation sites is 1. The summed E-state index contributed by atoms with van der Waals surface area (Å²) in [6, 6.07) is 25.0. The molecule has 49 heavy (non-hydrogen) atoms. The van der Waals surface area contributed by atoms with Crippen molar-refractivity contribution in [1.29, 1.82) is 0 Å². The molecule has 12 heteroatoms. The number of alkyl carbamates (subject to hydrolysis) is 1. The number of hydrogen-bond donors (Lipinski definition) is 3. The molecule has 0 bridgehead atoms. The summed E-state index contributed by atoms with van der Waals surface area (Å²) in [5.74, 6) is -0.911. The lowest BCUT2D eigenvalue weighted by Crippen LogP contribution is -2.50. The van der Waals surface area contributed by atoms with Gasteiger partial charge in [-0.3, -0.25) is 4.79 Å². The molecular weight excluding hydrogens is 628 g/mol. The highest BCUT2D eigenvalue weighted by molar-refractivity contribution is 6.15. The Balaban J connectivity index is 1.06. The predicted molar refractivity (Wildman–Crippen MR) is 181 cm³/mol. The maximum absolute atomic E-state index is 14.2. The highest BCUT2D eigenvalue weighted by Crippen LogP contribution is 2.32. The lowest BCUT2D eigenvalue weighted by atomic mass is 9.84. The summed E-state index contributed by atoms with van der Waals surface area (Å²) in [7, 11) is 1.25. The van der Waals surface area contributed by atoms with Gasteiger partial charge in [-0.2, -0.15) is 0 Å². The number of ether oxygens (including phenoxy) is 5. The number of fused-ring (bicyclic) bond motifs is 1. The Morgan fingerprint density at radius 2 is 1.63 bits per heavy atom. The molecule has 3 fully saturated rings. The van der Waals surface area contributed by atoms with E-state index in [0.29, 0.717) is 44.9 Å². The van der Waals surface area contributed by atoms with Crippen LogP contribution < -0.4 is 21.3 Å². The van der Waals surface area contributed by atoms with Crippen LogP contribution in [0, 0.1) is 5.92 Å². The summed E-state index contributed by atoms with van der Waals surface area (Å²) in [4.78, 5) is 40.9. The van der Waals surface area contributed by atoms with E-state index in [0.717, 1.165) is 28.0 Å². The molecule has 3 aromatic rings. The highest BCUT2D eigenvalue weighted by Gasteiger charge is 2.42. The van der Waals surface area contributed by atoms with E-state index in [1.165, 1.54) is 7.11 Å². The number of carbonyl (C=O) groups is 3. The quantitative estimate of drug-likeness (QED) is 0.275. The Bertz CT molecular complexity index is 1510. The summed E-state index contributed by atoms with van der Waals surface area (Å²) in [6.45, 7) is 2.14. The van der Waals surface area contributed by atoms with Crippen LogP contribution in [0.1, 0.15) is 35.4 Å². The molecule has 0 aromatic heterocycles. The van der Waals surface area contributed by atoms with Gasteiger partial charge in [-0.15, -0.1) is 0 Å². The smallest absolute Gasteiger partial charge is 0.420 e. The number of nitrogens with two attached hydrogens (primary N) is 1. The summed E-state index contributed by atoms with van der Waals surface area (Å²) < 4.78 is 27.8. The first-order valence-corrected chi connectivity index (χ1v) is 16.8. The largest absolute Gasteiger partial charge is 0.452 e. The number of imide groups is 1. The third-order valence-corrected chi connectivity index (χ3v) is 9.43. The van der Waals surface area contributed by atoms with Crippen molar-refractivity contribution in [2.45, 2.75) is 55.7 Å². The van der Waals surface area contributed by atoms with Crippen molar-refractivity contribution >= 4 is 23.8 Å². The van der Waals surface area contributed by atoms with Crippen molar-refractivity contribution in [2.75, 3.05) is 45.0 Å². The molecule has 3 saturated heterocycles. The van der Waals surface area contributed by atoms with E-state index in [4.69, 9.17) is 29.4 Å². The summed E-state index contributed by atoms with van der Waals surface area (Å²) >= 11 is 0. The molecule has 6 atom stereocenters. The van der Waals surface area contributed by atoms with Crippen LogP contribution in [0.2, 0.25) is 0 Å². The minimum Gasteiger partial charge on any atom is -0.452 e. The lowest BCUT2D eigenvalue weighted by molar-refractivity contribution is -0.119. The second-order valence-corrected chi connectivity index (χ2v) is 12.6. The molecule has 4 N–H and O–H groups in total. The number of nitrogens with one attached hydrogen (secondary N) is 2. The molecule has 3 amide bonds. The van der Waals surface area contributed by atoms with Gasteiger partial charge in [0.15, 0.2) is 6.29 Å². The monoisotopic (exact) mass is 672 g/mol. The number of amides is 3. The topological polar surface area (TPSA) is 151 Å². The molecule has 0 aliphatic carbocycles. The van der Waals surface area contributed by atoms with Gasteiger partial charge in [-0.05, 0) is 42.0 Å². The molecule has 3 aromatic carbocycles. The standard InChI is InChI=1S/C37H44N4O8/c1-45-37(44)41(34(42)33(38)32(25-11-4-2-5-12-25)26-13-6-3-7-14-26)31-15-9-8-10-24(31)16-17-28-20-39-27(21-47-28)22-49-36(43)40-30-23-48-35-29(30)18-19-46-35/h2-15,27-30,32-33,35,39H,16-23,38H2,1H3,(H,40,43)/t27-,28+,29-,30-,33-,35+/m0/s1. The Labute approximate surface area is 286 Å². The first-order chi connectivity index (χ1) is 23.9. The van der Waals surface area contributed by atoms with E-state index < -0.39 is 30.1 Å². The normalized spacial score (nSPS) is 23.8. The number of morpholine rings is 1. The molecule has 3 aliphatic heterocycles. The Morgan fingerprint density at radius 3 is 2.31 bits per heavy atom. The van der Waals surface area contributed by atoms with Crippen molar-refractivity contribution in [3.05, 3.63) is 102 Å². The Morgan fingerprint density at radius 1 is 0.939 bits per heavy atom. The molecule has 0 unspecified atom stereocenters. The van der Waals surface area contributed by atoms with E-state index in [1.807, 2.05) is 72.8 Å². The van der Waals surface area contributed by atoms with Crippen molar-refractivity contribution in [1.82, 2.24) is 10.6 Å². The van der Waals surface area contributed by atoms with Gasteiger partial charge in [0.1, 0.15) is 6.61 Å². The second-order valence-electron chi connectivity index (χ2n) is 12.6. The van der Waals surface area contributed by atoms with Gasteiger partial charge in [0.2, 0.25) is 0 Å². The van der Waals surface area contributed by atoms with Crippen LogP contribution in [-0.2, 0) is 34.9 Å². The van der Waals surface area contributed by atoms with Crippen molar-refractivity contribution in [2.24, 2.45) is 11.7 Å². The zero-order chi connectivity index (χ0) is 34.2. The van der Waals surface area contributed by atoms with Gasteiger partial charge in [0, 0.05) is 18.4 Å². The van der Waals surface area contributed by atoms with Crippen LogP contribution in [0.5, 0.6) is 0 Å². The summed E-state index contributed by atoms with van der Waals surface area (Å²) in [5, 5.41) is 6.30. The SMILES string of the molecule is COC(=O)N(C(=O)[C@@H](N)C(c1ccccc1)c1ccccc1)c1ccccc1CC[C@@H]1CN[C@H](COC(=O)N[C@H]2CO[C@H]3OCC[C@H]32)CO1. The molecule has 0 saturated carbocycles. The van der Waals surface area contributed by atoms with Crippen LogP contribution >= 0.6 is 0 Å². The third kappa shape index (κ3) is 8.28. The van der Waals surface area contributed by atoms with Gasteiger partial charge in [-0.1, -0.05) is 78.9 Å². The number of nitrogens with zero attached hydrogens (tertiary/aromatic N) is 1. The average Bonchev–Trinajstić information content (AvgIpc) is 3.77. The van der Waals surface area contributed by atoms with Gasteiger partial charge in [0.05, 0.1) is 56.8 Å². The molecule has 3 heterocycles. The van der Waals surface area contributed by atoms with Gasteiger partial charge < -0.3 is 40.1 Å². The Hall–Kier alpha value is -4.33. The number of anilines is 1. The minimum absolute atomic E-state index is 0.113. The fourth-order valence-electron chi connectivity index (χ4n) is 6.82. The average molecular weight is 673 g/mol. The predicted octanol–water partition coefficient (Wildman–Crippen LogP) is 3.72. The minimum atomic E-state index is -1.08. The van der Waals surface area contributed by atoms with Gasteiger partial charge >= 0.3 is 12.2 Å². The van der Waals surface area contributed by atoms with Crippen LogP contribution in [0.3, 0.4) is 0 Å². The molecule has 0 spiro atoms. The van der Waals surface area contributed by atoms with Crippen LogP contribution in [0.15, 0.2) is 84.9 Å². The van der Waals surface area contributed by atoms with Crippen LogP contribution in [0.25, 0.3) is 0 Å². The third-order valence-electron chi connectivity index (χ3n) is 9.43. The van der Waals surface area contributed by atoms with Crippen molar-refractivity contribution in [3.8, 4) is 0 Å². The molecule has 12 nitrogen and oxygen atoms in total. The van der Waals surface area contributed by atoms with Crippen molar-refractivity contribution < 1.29 is 38.1 Å². The summed E-state index contributed by atoms with van der Waals surface area (Å²) in [5.41, 5.74) is 9.66. The first-order valence-electron chi connectivity index (χ1n) is 16.8. The maximum atomic E-state index is 14.2. The fourth-order valence-corrected chi connectivity index (χ4v) is 6.82. The molecule has 0 radical (unpaired) electrons. The summed E-state index contributed by atoms with van der Waals surface area (Å²) in [6.07, 6.45) is 0.341. The zero-order valence-electron chi connectivity index (χ0n) is 27.6. The van der Waals surface area contributed by atoms with E-state index in [1.54, 1.807) is 12.1 Å². The van der Waals surface area contributed by atoms with Crippen LogP contribution in [0.4, 0.5) is 15.3 Å². The lowest BCUT2D eigenvalue weighted by Gasteiger charge is -2.31. The van der Waals surface area contributed by atoms with Crippen molar-refractivity contribution in [3.63, 3.8) is 0 Å². The van der Waals surface area contributed by atoms with E-state index >= 15 is 0 Å². The first kappa shape index (κ1) is 34.5. The van der Waals surface area contributed by atoms with Gasteiger partial charge in [0.25, 0.3) is 5.91 Å². The highest BCUT2D eigenvalue weighted by atomic mass is 16.7. The molecule has 3 aliphatic rings. The Kier molecular flexibility index (Phi) is 11.5. The number of hydrogen-bond acceptors (Lipinski definition) is 10. The van der Waals surface area contributed by atoms with E-state index in [9.17, 15) is 14.4 Å². The molecule has 6 rings (SSSR count). The second kappa shape index (κ2) is 16.4.